The molecule has 0 spiro atoms. The first-order valence-corrected chi connectivity index (χ1v) is 14.6. The molecule has 3 aromatic rings. The fourth-order valence-corrected chi connectivity index (χ4v) is 5.18. The van der Waals surface area contributed by atoms with Gasteiger partial charge in [-0.25, -0.2) is 14.8 Å². The van der Waals surface area contributed by atoms with Crippen LogP contribution in [-0.4, -0.2) is 54.6 Å². The molecular weight excluding hydrogens is 585 g/mol. The van der Waals surface area contributed by atoms with Crippen LogP contribution in [0, 0.1) is 5.82 Å². The van der Waals surface area contributed by atoms with Crippen LogP contribution in [0.5, 0.6) is 5.75 Å². The molecule has 3 aromatic carbocycles. The van der Waals surface area contributed by atoms with Crippen molar-refractivity contribution in [1.29, 1.82) is 0 Å². The van der Waals surface area contributed by atoms with Gasteiger partial charge in [0.05, 0.1) is 6.61 Å². The average Bonchev–Trinajstić information content (AvgIpc) is 3.38. The Morgan fingerprint density at radius 2 is 1.90 bits per heavy atom. The molecule has 10 heteroatoms. The fraction of sp³-hybridized carbons (Fsp3) is 0.310. The monoisotopic (exact) mass is 615 g/mol. The maximum Gasteiger partial charge on any atom is 0.266 e. The Balaban J connectivity index is 1.39. The molecule has 0 unspecified atom stereocenters. The zero-order valence-electron chi connectivity index (χ0n) is 21.4. The third kappa shape index (κ3) is 8.28. The van der Waals surface area contributed by atoms with Gasteiger partial charge in [0, 0.05) is 47.5 Å². The van der Waals surface area contributed by atoms with E-state index in [0.717, 1.165) is 32.7 Å². The van der Waals surface area contributed by atoms with Crippen molar-refractivity contribution in [2.45, 2.75) is 24.1 Å². The van der Waals surface area contributed by atoms with E-state index >= 15 is 0 Å². The Morgan fingerprint density at radius 1 is 1.13 bits per heavy atom. The van der Waals surface area contributed by atoms with E-state index < -0.39 is 5.54 Å². The first-order valence-electron chi connectivity index (χ1n) is 12.6. The summed E-state index contributed by atoms with van der Waals surface area (Å²) >= 11 is 5.27. The molecule has 39 heavy (non-hydrogen) atoms. The predicted octanol–water partition coefficient (Wildman–Crippen LogP) is 4.66. The van der Waals surface area contributed by atoms with Gasteiger partial charge >= 0.3 is 0 Å². The van der Waals surface area contributed by atoms with Crippen molar-refractivity contribution in [1.82, 2.24) is 10.9 Å². The van der Waals surface area contributed by atoms with E-state index in [9.17, 15) is 9.18 Å². The topological polar surface area (TPSA) is 92.2 Å². The van der Waals surface area contributed by atoms with Gasteiger partial charge in [-0.05, 0) is 53.6 Å². The summed E-state index contributed by atoms with van der Waals surface area (Å²) < 4.78 is 25.5. The third-order valence-electron chi connectivity index (χ3n) is 6.05. The quantitative estimate of drug-likeness (QED) is 0.180. The molecule has 0 aromatic heterocycles. The number of halogens is 2. The lowest BCUT2D eigenvalue weighted by Crippen LogP contribution is -2.53. The van der Waals surface area contributed by atoms with E-state index in [1.54, 1.807) is 23.9 Å². The van der Waals surface area contributed by atoms with Gasteiger partial charge in [0.25, 0.3) is 5.91 Å². The highest BCUT2D eigenvalue weighted by Crippen LogP contribution is 2.30. The normalized spacial score (nSPS) is 16.4. The molecule has 7 nitrogen and oxygen atoms in total. The minimum Gasteiger partial charge on any atom is -0.494 e. The van der Waals surface area contributed by atoms with Crippen molar-refractivity contribution >= 4 is 39.5 Å². The third-order valence-corrected chi connectivity index (χ3v) is 7.86. The number of hydrogen-bond acceptors (Lipinski definition) is 7. The number of carbonyl (C=O) groups excluding carboxylic acids is 1. The molecule has 3 N–H and O–H groups in total. The molecule has 0 aliphatic carbocycles. The zero-order valence-corrected chi connectivity index (χ0v) is 23.8. The fourth-order valence-electron chi connectivity index (χ4n) is 3.94. The second kappa shape index (κ2) is 14.5. The maximum atomic E-state index is 13.5. The second-order valence-electron chi connectivity index (χ2n) is 9.02. The molecule has 1 aliphatic heterocycles. The molecule has 0 saturated carbocycles. The number of nitrogens with zero attached hydrogens (tertiary/aromatic N) is 1. The highest BCUT2D eigenvalue weighted by Gasteiger charge is 2.45. The molecule has 4 rings (SSSR count). The van der Waals surface area contributed by atoms with Crippen LogP contribution in [0.4, 0.5) is 4.39 Å². The van der Waals surface area contributed by atoms with E-state index in [-0.39, 0.29) is 24.9 Å². The number of hydrazine groups is 1. The van der Waals surface area contributed by atoms with Crippen molar-refractivity contribution in [3.8, 4) is 5.75 Å². The number of amides is 1. The lowest BCUT2D eigenvalue weighted by Gasteiger charge is -2.24. The van der Waals surface area contributed by atoms with Crippen LogP contribution >= 0.6 is 27.7 Å². The number of carbonyl (C=O) groups is 1. The summed E-state index contributed by atoms with van der Waals surface area (Å²) in [7, 11) is 0. The molecule has 1 amide bonds. The van der Waals surface area contributed by atoms with E-state index in [2.05, 4.69) is 26.8 Å². The van der Waals surface area contributed by atoms with Gasteiger partial charge in [-0.3, -0.25) is 10.2 Å². The summed E-state index contributed by atoms with van der Waals surface area (Å²) in [5.74, 6) is 2.08. The highest BCUT2D eigenvalue weighted by molar-refractivity contribution is 9.10. The van der Waals surface area contributed by atoms with Gasteiger partial charge in [-0.1, -0.05) is 46.3 Å². The van der Waals surface area contributed by atoms with Gasteiger partial charge < -0.3 is 14.6 Å². The number of hydrogen-bond donors (Lipinski definition) is 3. The van der Waals surface area contributed by atoms with Gasteiger partial charge in [0.2, 0.25) is 5.90 Å². The summed E-state index contributed by atoms with van der Waals surface area (Å²) in [6.45, 7) is 1.16. The van der Waals surface area contributed by atoms with Gasteiger partial charge in [0.1, 0.15) is 18.2 Å². The van der Waals surface area contributed by atoms with Gasteiger partial charge in [0.15, 0.2) is 5.54 Å². The van der Waals surface area contributed by atoms with Crippen LogP contribution in [0.3, 0.4) is 0 Å². The Morgan fingerprint density at radius 3 is 2.64 bits per heavy atom. The Hall–Kier alpha value is -2.92. The lowest BCUT2D eigenvalue weighted by molar-refractivity contribution is -0.127. The second-order valence-corrected chi connectivity index (χ2v) is 11.0. The molecule has 0 saturated heterocycles. The number of rotatable bonds is 14. The van der Waals surface area contributed by atoms with Crippen LogP contribution in [0.25, 0.3) is 0 Å². The number of aliphatic hydroxyl groups is 1. The molecule has 206 valence electrons. The number of benzene rings is 3. The SMILES string of the molecule is O=C(NNCCSCc1ccc(F)cc1)[C@]1(Cc2ccccc2Br)COC(c2ccc(OCCCO)cc2)=N1. The highest BCUT2D eigenvalue weighted by atomic mass is 79.9. The molecular formula is C29H31BrFN3O4S. The maximum absolute atomic E-state index is 13.5. The van der Waals surface area contributed by atoms with E-state index in [1.165, 1.54) is 12.1 Å². The summed E-state index contributed by atoms with van der Waals surface area (Å²) in [6.07, 6.45) is 0.915. The summed E-state index contributed by atoms with van der Waals surface area (Å²) in [4.78, 5) is 18.3. The largest absolute Gasteiger partial charge is 0.494 e. The van der Waals surface area contributed by atoms with Gasteiger partial charge in [-0.2, -0.15) is 11.8 Å². The lowest BCUT2D eigenvalue weighted by atomic mass is 9.91. The Bertz CT molecular complexity index is 1260. The van der Waals surface area contributed by atoms with Gasteiger partial charge in [-0.15, -0.1) is 0 Å². The summed E-state index contributed by atoms with van der Waals surface area (Å²) in [5, 5.41) is 8.93. The molecule has 0 radical (unpaired) electrons. The molecule has 0 bridgehead atoms. The van der Waals surface area contributed by atoms with Crippen LogP contribution in [0.1, 0.15) is 23.1 Å². The molecule has 1 aliphatic rings. The number of thioether (sulfide) groups is 1. The number of aliphatic imine (C=N–C) groups is 1. The minimum absolute atomic E-state index is 0.0775. The Labute approximate surface area is 240 Å². The van der Waals surface area contributed by atoms with Crippen molar-refractivity contribution in [3.63, 3.8) is 0 Å². The van der Waals surface area contributed by atoms with E-state index in [4.69, 9.17) is 19.6 Å². The van der Waals surface area contributed by atoms with Crippen LogP contribution in [0.2, 0.25) is 0 Å². The van der Waals surface area contributed by atoms with Crippen LogP contribution < -0.4 is 15.6 Å². The number of nitrogens with one attached hydrogen (secondary N) is 2. The predicted molar refractivity (Wildman–Crippen MR) is 155 cm³/mol. The number of ether oxygens (including phenoxy) is 2. The number of aliphatic hydroxyl groups excluding tert-OH is 1. The zero-order chi connectivity index (χ0) is 27.5. The van der Waals surface area contributed by atoms with Crippen molar-refractivity contribution in [2.24, 2.45) is 4.99 Å². The van der Waals surface area contributed by atoms with Crippen molar-refractivity contribution in [3.05, 3.63) is 99.8 Å². The smallest absolute Gasteiger partial charge is 0.266 e. The first-order chi connectivity index (χ1) is 19.0. The average molecular weight is 617 g/mol. The summed E-state index contributed by atoms with van der Waals surface area (Å²) in [6, 6.07) is 21.5. The van der Waals surface area contributed by atoms with Crippen LogP contribution in [0.15, 0.2) is 82.3 Å². The first kappa shape index (κ1) is 29.1. The molecule has 1 heterocycles. The molecule has 1 atom stereocenters. The standard InChI is InChI=1S/C29H31BrFN3O4S/c30-26-5-2-1-4-23(26)18-29(28(36)34-32-14-17-39-19-21-6-10-24(31)11-7-21)20-38-27(33-29)22-8-12-25(13-9-22)37-16-3-15-35/h1-2,4-13,32,35H,3,14-20H2,(H,34,36)/t29-/m0/s1. The van der Waals surface area contributed by atoms with E-state index in [0.29, 0.717) is 37.6 Å². The molecule has 0 fully saturated rings. The van der Waals surface area contributed by atoms with Crippen molar-refractivity contribution < 1.29 is 23.8 Å². The van der Waals surface area contributed by atoms with E-state index in [1.807, 2.05) is 48.5 Å². The Kier molecular flexibility index (Phi) is 10.8. The van der Waals surface area contributed by atoms with Crippen molar-refractivity contribution in [2.75, 3.05) is 32.1 Å². The summed E-state index contributed by atoms with van der Waals surface area (Å²) in [5.41, 5.74) is 7.44. The minimum atomic E-state index is -1.15. The van der Waals surface area contributed by atoms with Crippen LogP contribution in [-0.2, 0) is 21.7 Å².